The molecule has 1 atom stereocenters. The van der Waals surface area contributed by atoms with Crippen LogP contribution in [0.15, 0.2) is 30.5 Å². The van der Waals surface area contributed by atoms with Crippen LogP contribution in [0.25, 0.3) is 0 Å². The molecule has 6 heteroatoms. The number of ether oxygens (including phenoxy) is 2. The Hall–Kier alpha value is -1.49. The number of benzene rings is 1. The van der Waals surface area contributed by atoms with Gasteiger partial charge in [0.25, 0.3) is 0 Å². The van der Waals surface area contributed by atoms with Gasteiger partial charge in [0.15, 0.2) is 11.5 Å². The van der Waals surface area contributed by atoms with E-state index in [-0.39, 0.29) is 5.15 Å². The van der Waals surface area contributed by atoms with Crippen molar-refractivity contribution in [2.24, 2.45) is 0 Å². The Morgan fingerprint density at radius 3 is 2.52 bits per heavy atom. The van der Waals surface area contributed by atoms with Gasteiger partial charge in [0.2, 0.25) is 0 Å². The number of rotatable bonds is 5. The van der Waals surface area contributed by atoms with Crippen molar-refractivity contribution in [2.75, 3.05) is 14.2 Å². The second kappa shape index (κ2) is 6.98. The summed E-state index contributed by atoms with van der Waals surface area (Å²) in [5, 5.41) is 10.9. The third kappa shape index (κ3) is 3.59. The number of halogens is 2. The van der Waals surface area contributed by atoms with Crippen LogP contribution in [0.3, 0.4) is 0 Å². The van der Waals surface area contributed by atoms with Gasteiger partial charge in [-0.3, -0.25) is 0 Å². The second-order valence-electron chi connectivity index (χ2n) is 4.41. The topological polar surface area (TPSA) is 51.6 Å². The third-order valence-electron chi connectivity index (χ3n) is 3.13. The van der Waals surface area contributed by atoms with E-state index < -0.39 is 6.10 Å². The predicted molar refractivity (Wildman–Crippen MR) is 82.5 cm³/mol. The molecule has 0 radical (unpaired) electrons. The molecule has 0 spiro atoms. The van der Waals surface area contributed by atoms with E-state index in [1.807, 2.05) is 0 Å². The summed E-state index contributed by atoms with van der Waals surface area (Å²) in [6.45, 7) is 0. The Morgan fingerprint density at radius 2 is 1.86 bits per heavy atom. The van der Waals surface area contributed by atoms with E-state index in [9.17, 15) is 5.11 Å². The normalized spacial score (nSPS) is 12.0. The Balaban J connectivity index is 2.24. The van der Waals surface area contributed by atoms with Crippen molar-refractivity contribution in [2.45, 2.75) is 12.5 Å². The Bertz CT molecular complexity index is 634. The first-order valence-electron chi connectivity index (χ1n) is 6.25. The molecule has 0 aliphatic carbocycles. The van der Waals surface area contributed by atoms with Crippen LogP contribution >= 0.6 is 23.2 Å². The van der Waals surface area contributed by atoms with Crippen LogP contribution < -0.4 is 9.47 Å². The van der Waals surface area contributed by atoms with Crippen molar-refractivity contribution < 1.29 is 14.6 Å². The van der Waals surface area contributed by atoms with Gasteiger partial charge < -0.3 is 14.6 Å². The molecule has 0 fully saturated rings. The Morgan fingerprint density at radius 1 is 1.14 bits per heavy atom. The third-order valence-corrected chi connectivity index (χ3v) is 3.94. The first-order chi connectivity index (χ1) is 10.1. The van der Waals surface area contributed by atoms with Gasteiger partial charge in [0, 0.05) is 12.6 Å². The molecule has 0 aliphatic rings. The minimum Gasteiger partial charge on any atom is -0.493 e. The van der Waals surface area contributed by atoms with Gasteiger partial charge >= 0.3 is 0 Å². The number of methoxy groups -OCH3 is 2. The SMILES string of the molecule is COc1ccc(C(O)Cc2ccnc(Cl)c2Cl)cc1OC. The maximum absolute atomic E-state index is 10.4. The van der Waals surface area contributed by atoms with Crippen LogP contribution in [0.1, 0.15) is 17.2 Å². The summed E-state index contributed by atoms with van der Waals surface area (Å²) in [6.07, 6.45) is 1.15. The van der Waals surface area contributed by atoms with Crippen LogP contribution in [0, 0.1) is 0 Å². The molecule has 0 saturated carbocycles. The standard InChI is InChI=1S/C15H15Cl2NO3/c1-20-12-4-3-9(8-13(12)21-2)11(19)7-10-5-6-18-15(17)14(10)16/h3-6,8,11,19H,7H2,1-2H3. The summed E-state index contributed by atoms with van der Waals surface area (Å²) in [4.78, 5) is 3.88. The largest absolute Gasteiger partial charge is 0.493 e. The quantitative estimate of drug-likeness (QED) is 0.851. The Kier molecular flexibility index (Phi) is 5.28. The van der Waals surface area contributed by atoms with Crippen molar-refractivity contribution in [3.8, 4) is 11.5 Å². The molecule has 1 unspecified atom stereocenters. The maximum Gasteiger partial charge on any atom is 0.161 e. The molecule has 21 heavy (non-hydrogen) atoms. The van der Waals surface area contributed by atoms with Crippen LogP contribution in [-0.2, 0) is 6.42 Å². The minimum absolute atomic E-state index is 0.230. The molecule has 2 rings (SSSR count). The van der Waals surface area contributed by atoms with E-state index in [0.29, 0.717) is 28.5 Å². The lowest BCUT2D eigenvalue weighted by atomic mass is 10.0. The molecule has 1 N–H and O–H groups in total. The number of pyridine rings is 1. The van der Waals surface area contributed by atoms with Gasteiger partial charge in [-0.15, -0.1) is 0 Å². The number of aromatic nitrogens is 1. The molecule has 0 amide bonds. The van der Waals surface area contributed by atoms with E-state index in [4.69, 9.17) is 32.7 Å². The minimum atomic E-state index is -0.735. The number of aliphatic hydroxyl groups excluding tert-OH is 1. The number of hydrogen-bond acceptors (Lipinski definition) is 4. The number of nitrogens with zero attached hydrogens (tertiary/aromatic N) is 1. The monoisotopic (exact) mass is 327 g/mol. The van der Waals surface area contributed by atoms with Gasteiger partial charge in [-0.25, -0.2) is 4.98 Å². The van der Waals surface area contributed by atoms with Crippen molar-refractivity contribution >= 4 is 23.2 Å². The number of hydrogen-bond donors (Lipinski definition) is 1. The summed E-state index contributed by atoms with van der Waals surface area (Å²) >= 11 is 12.0. The summed E-state index contributed by atoms with van der Waals surface area (Å²) < 4.78 is 10.4. The second-order valence-corrected chi connectivity index (χ2v) is 5.15. The van der Waals surface area contributed by atoms with E-state index >= 15 is 0 Å². The van der Waals surface area contributed by atoms with E-state index in [1.165, 1.54) is 0 Å². The summed E-state index contributed by atoms with van der Waals surface area (Å²) in [5.41, 5.74) is 1.44. The van der Waals surface area contributed by atoms with Crippen molar-refractivity contribution in [1.29, 1.82) is 0 Å². The van der Waals surface area contributed by atoms with Gasteiger partial charge in [0.05, 0.1) is 25.3 Å². The first-order valence-corrected chi connectivity index (χ1v) is 7.01. The lowest BCUT2D eigenvalue weighted by Gasteiger charge is -2.15. The smallest absolute Gasteiger partial charge is 0.161 e. The number of aliphatic hydroxyl groups is 1. The highest BCUT2D eigenvalue weighted by atomic mass is 35.5. The van der Waals surface area contributed by atoms with Crippen LogP contribution in [0.4, 0.5) is 0 Å². The zero-order chi connectivity index (χ0) is 15.4. The summed E-state index contributed by atoms with van der Waals surface area (Å²) in [6, 6.07) is 7.00. The predicted octanol–water partition coefficient (Wildman–Crippen LogP) is 3.68. The highest BCUT2D eigenvalue weighted by Gasteiger charge is 2.15. The molecule has 1 aromatic heterocycles. The molecule has 0 bridgehead atoms. The van der Waals surface area contributed by atoms with Gasteiger partial charge in [-0.2, -0.15) is 0 Å². The summed E-state index contributed by atoms with van der Waals surface area (Å²) in [7, 11) is 3.11. The average molecular weight is 328 g/mol. The molecule has 4 nitrogen and oxygen atoms in total. The zero-order valence-electron chi connectivity index (χ0n) is 11.6. The van der Waals surface area contributed by atoms with E-state index in [0.717, 1.165) is 5.56 Å². The summed E-state index contributed by atoms with van der Waals surface area (Å²) in [5.74, 6) is 1.17. The fourth-order valence-corrected chi connectivity index (χ4v) is 2.37. The first kappa shape index (κ1) is 15.9. The van der Waals surface area contributed by atoms with E-state index in [1.54, 1.807) is 44.7 Å². The zero-order valence-corrected chi connectivity index (χ0v) is 13.1. The van der Waals surface area contributed by atoms with Crippen molar-refractivity contribution in [3.63, 3.8) is 0 Å². The van der Waals surface area contributed by atoms with E-state index in [2.05, 4.69) is 4.98 Å². The highest BCUT2D eigenvalue weighted by Crippen LogP contribution is 2.32. The van der Waals surface area contributed by atoms with Gasteiger partial charge in [0.1, 0.15) is 5.15 Å². The molecular weight excluding hydrogens is 313 g/mol. The molecule has 0 saturated heterocycles. The van der Waals surface area contributed by atoms with Gasteiger partial charge in [-0.1, -0.05) is 29.3 Å². The molecule has 112 valence electrons. The van der Waals surface area contributed by atoms with Gasteiger partial charge in [-0.05, 0) is 29.3 Å². The van der Waals surface area contributed by atoms with Crippen LogP contribution in [0.5, 0.6) is 11.5 Å². The maximum atomic E-state index is 10.4. The molecule has 0 aliphatic heterocycles. The van der Waals surface area contributed by atoms with Crippen LogP contribution in [0.2, 0.25) is 10.2 Å². The van der Waals surface area contributed by atoms with Crippen molar-refractivity contribution in [1.82, 2.24) is 4.98 Å². The van der Waals surface area contributed by atoms with Crippen molar-refractivity contribution in [3.05, 3.63) is 51.8 Å². The molecule has 1 aromatic carbocycles. The average Bonchev–Trinajstić information content (AvgIpc) is 2.51. The lowest BCUT2D eigenvalue weighted by molar-refractivity contribution is 0.178. The fourth-order valence-electron chi connectivity index (χ4n) is 2.00. The molecule has 2 aromatic rings. The highest BCUT2D eigenvalue weighted by molar-refractivity contribution is 6.41. The molecule has 1 heterocycles. The fraction of sp³-hybridized carbons (Fsp3) is 0.267. The van der Waals surface area contributed by atoms with Crippen LogP contribution in [-0.4, -0.2) is 24.3 Å². The molecular formula is C15H15Cl2NO3. The lowest BCUT2D eigenvalue weighted by Crippen LogP contribution is -2.04. The Labute approximate surface area is 133 Å².